The van der Waals surface area contributed by atoms with Crippen molar-refractivity contribution in [2.45, 2.75) is 33.0 Å². The molecule has 0 aliphatic carbocycles. The van der Waals surface area contributed by atoms with Gasteiger partial charge in [-0.25, -0.2) is 0 Å². The Hall–Kier alpha value is -1.64. The Morgan fingerprint density at radius 1 is 1.00 bits per heavy atom. The summed E-state index contributed by atoms with van der Waals surface area (Å²) in [4.78, 5) is 4.32. The van der Waals surface area contributed by atoms with E-state index in [1.54, 1.807) is 7.05 Å². The van der Waals surface area contributed by atoms with Gasteiger partial charge in [0.15, 0.2) is 5.96 Å². The molecule has 0 amide bonds. The van der Waals surface area contributed by atoms with Gasteiger partial charge in [0.1, 0.15) is 0 Å². The second kappa shape index (κ2) is 14.4. The molecule has 0 aromatic heterocycles. The number of nitrogens with zero attached hydrogens (tertiary/aromatic N) is 1. The van der Waals surface area contributed by atoms with Crippen molar-refractivity contribution < 1.29 is 9.47 Å². The topological polar surface area (TPSA) is 54.9 Å². The first kappa shape index (κ1) is 24.4. The Bertz CT molecular complexity index is 695. The minimum absolute atomic E-state index is 0. The molecule has 0 fully saturated rings. The monoisotopic (exact) mass is 497 g/mol. The molecule has 0 radical (unpaired) electrons. The van der Waals surface area contributed by atoms with Gasteiger partial charge in [0, 0.05) is 20.2 Å². The third-order valence-corrected chi connectivity index (χ3v) is 4.17. The SMILES string of the molecule is CCOCCOCc1cccc(CNC(=NC)NC(C)c2ccccc2)c1.I. The Morgan fingerprint density at radius 3 is 2.43 bits per heavy atom. The lowest BCUT2D eigenvalue weighted by Gasteiger charge is -2.18. The fourth-order valence-electron chi connectivity index (χ4n) is 2.69. The Balaban J connectivity index is 0.00000392. The average molecular weight is 497 g/mol. The summed E-state index contributed by atoms with van der Waals surface area (Å²) < 4.78 is 10.9. The molecule has 0 aliphatic rings. The quantitative estimate of drug-likeness (QED) is 0.223. The lowest BCUT2D eigenvalue weighted by Crippen LogP contribution is -2.38. The van der Waals surface area contributed by atoms with Crippen LogP contribution in [0.5, 0.6) is 0 Å². The number of hydrogen-bond acceptors (Lipinski definition) is 3. The maximum Gasteiger partial charge on any atom is 0.191 e. The fourth-order valence-corrected chi connectivity index (χ4v) is 2.69. The Morgan fingerprint density at radius 2 is 1.71 bits per heavy atom. The second-order valence-corrected chi connectivity index (χ2v) is 6.27. The van der Waals surface area contributed by atoms with Crippen molar-refractivity contribution in [1.82, 2.24) is 10.6 Å². The van der Waals surface area contributed by atoms with Crippen LogP contribution in [-0.4, -0.2) is 32.8 Å². The standard InChI is InChI=1S/C22H31N3O2.HI/c1-4-26-13-14-27-17-20-10-8-9-19(15-20)16-24-22(23-3)25-18(2)21-11-6-5-7-12-21;/h5-12,15,18H,4,13-14,16-17H2,1-3H3,(H2,23,24,25);1H. The van der Waals surface area contributed by atoms with E-state index >= 15 is 0 Å². The van der Waals surface area contributed by atoms with Crippen LogP contribution in [-0.2, 0) is 22.6 Å². The number of ether oxygens (including phenoxy) is 2. The van der Waals surface area contributed by atoms with Crippen molar-refractivity contribution in [2.75, 3.05) is 26.9 Å². The van der Waals surface area contributed by atoms with Crippen LogP contribution >= 0.6 is 24.0 Å². The molecule has 28 heavy (non-hydrogen) atoms. The van der Waals surface area contributed by atoms with Gasteiger partial charge in [-0.2, -0.15) is 0 Å². The predicted molar refractivity (Wildman–Crippen MR) is 126 cm³/mol. The Kier molecular flexibility index (Phi) is 12.5. The van der Waals surface area contributed by atoms with Crippen molar-refractivity contribution >= 4 is 29.9 Å². The third-order valence-electron chi connectivity index (χ3n) is 4.17. The maximum absolute atomic E-state index is 5.64. The van der Waals surface area contributed by atoms with Crippen molar-refractivity contribution in [2.24, 2.45) is 4.99 Å². The molecule has 2 rings (SSSR count). The van der Waals surface area contributed by atoms with Gasteiger partial charge in [0.2, 0.25) is 0 Å². The number of rotatable bonds is 10. The first-order chi connectivity index (χ1) is 13.2. The molecule has 2 aromatic carbocycles. The summed E-state index contributed by atoms with van der Waals surface area (Å²) in [5.74, 6) is 0.782. The van der Waals surface area contributed by atoms with Gasteiger partial charge in [0.25, 0.3) is 0 Å². The summed E-state index contributed by atoms with van der Waals surface area (Å²) in [5.41, 5.74) is 3.58. The minimum Gasteiger partial charge on any atom is -0.379 e. The molecule has 0 aliphatic heterocycles. The van der Waals surface area contributed by atoms with E-state index in [4.69, 9.17) is 9.47 Å². The van der Waals surface area contributed by atoms with E-state index in [-0.39, 0.29) is 30.0 Å². The molecule has 6 heteroatoms. The van der Waals surface area contributed by atoms with Crippen molar-refractivity contribution in [3.63, 3.8) is 0 Å². The molecule has 0 heterocycles. The van der Waals surface area contributed by atoms with Gasteiger partial charge >= 0.3 is 0 Å². The van der Waals surface area contributed by atoms with Gasteiger partial charge in [-0.3, -0.25) is 4.99 Å². The van der Waals surface area contributed by atoms with Crippen LogP contribution in [0.15, 0.2) is 59.6 Å². The van der Waals surface area contributed by atoms with Crippen molar-refractivity contribution in [1.29, 1.82) is 0 Å². The second-order valence-electron chi connectivity index (χ2n) is 6.27. The molecule has 2 N–H and O–H groups in total. The summed E-state index contributed by atoms with van der Waals surface area (Å²) in [7, 11) is 1.79. The van der Waals surface area contributed by atoms with E-state index in [0.717, 1.165) is 18.1 Å². The van der Waals surface area contributed by atoms with Crippen LogP contribution in [0.2, 0.25) is 0 Å². The fraction of sp³-hybridized carbons (Fsp3) is 0.409. The van der Waals surface area contributed by atoms with E-state index in [1.807, 2.05) is 25.1 Å². The number of benzene rings is 2. The molecule has 5 nitrogen and oxygen atoms in total. The zero-order chi connectivity index (χ0) is 19.3. The third kappa shape index (κ3) is 9.03. The smallest absolute Gasteiger partial charge is 0.191 e. The molecule has 154 valence electrons. The zero-order valence-electron chi connectivity index (χ0n) is 17.0. The van der Waals surface area contributed by atoms with E-state index in [9.17, 15) is 0 Å². The zero-order valence-corrected chi connectivity index (χ0v) is 19.3. The molecule has 0 saturated heterocycles. The first-order valence-corrected chi connectivity index (χ1v) is 9.48. The van der Waals surface area contributed by atoms with Gasteiger partial charge in [-0.1, -0.05) is 54.6 Å². The molecule has 0 saturated carbocycles. The van der Waals surface area contributed by atoms with Crippen molar-refractivity contribution in [3.05, 3.63) is 71.3 Å². The van der Waals surface area contributed by atoms with Crippen LogP contribution in [0, 0.1) is 0 Å². The molecule has 2 aromatic rings. The predicted octanol–water partition coefficient (Wildman–Crippen LogP) is 4.28. The van der Waals surface area contributed by atoms with E-state index < -0.39 is 0 Å². The van der Waals surface area contributed by atoms with E-state index in [0.29, 0.717) is 26.4 Å². The number of guanidine groups is 1. The molecular weight excluding hydrogens is 465 g/mol. The van der Waals surface area contributed by atoms with Crippen LogP contribution in [0.1, 0.15) is 36.6 Å². The van der Waals surface area contributed by atoms with Gasteiger partial charge in [-0.05, 0) is 30.5 Å². The lowest BCUT2D eigenvalue weighted by molar-refractivity contribution is 0.0453. The van der Waals surface area contributed by atoms with Crippen molar-refractivity contribution in [3.8, 4) is 0 Å². The highest BCUT2D eigenvalue weighted by Gasteiger charge is 2.07. The number of nitrogens with one attached hydrogen (secondary N) is 2. The summed E-state index contributed by atoms with van der Waals surface area (Å²) in [6.07, 6.45) is 0. The van der Waals surface area contributed by atoms with Gasteiger partial charge in [0.05, 0.1) is 25.9 Å². The molecule has 1 atom stereocenters. The minimum atomic E-state index is 0. The number of hydrogen-bond donors (Lipinski definition) is 2. The van der Waals surface area contributed by atoms with E-state index in [1.165, 1.54) is 11.1 Å². The first-order valence-electron chi connectivity index (χ1n) is 9.48. The largest absolute Gasteiger partial charge is 0.379 e. The van der Waals surface area contributed by atoms with Gasteiger partial charge < -0.3 is 20.1 Å². The average Bonchev–Trinajstić information content (AvgIpc) is 2.71. The normalized spacial score (nSPS) is 12.2. The highest BCUT2D eigenvalue weighted by Crippen LogP contribution is 2.11. The molecule has 0 spiro atoms. The summed E-state index contributed by atoms with van der Waals surface area (Å²) in [6.45, 7) is 7.39. The van der Waals surface area contributed by atoms with E-state index in [2.05, 4.69) is 58.9 Å². The summed E-state index contributed by atoms with van der Waals surface area (Å²) in [6, 6.07) is 18.9. The highest BCUT2D eigenvalue weighted by atomic mass is 127. The van der Waals surface area contributed by atoms with Crippen LogP contribution in [0.25, 0.3) is 0 Å². The molecule has 0 bridgehead atoms. The van der Waals surface area contributed by atoms with Crippen LogP contribution in [0.4, 0.5) is 0 Å². The van der Waals surface area contributed by atoms with Crippen LogP contribution < -0.4 is 10.6 Å². The van der Waals surface area contributed by atoms with Gasteiger partial charge in [-0.15, -0.1) is 24.0 Å². The molecule has 1 unspecified atom stereocenters. The summed E-state index contributed by atoms with van der Waals surface area (Å²) in [5, 5.41) is 6.80. The Labute approximate surface area is 186 Å². The van der Waals surface area contributed by atoms with Crippen LogP contribution in [0.3, 0.4) is 0 Å². The number of halogens is 1. The number of aliphatic imine (C=N–C) groups is 1. The molecular formula is C22H32IN3O2. The highest BCUT2D eigenvalue weighted by molar-refractivity contribution is 14.0. The lowest BCUT2D eigenvalue weighted by atomic mass is 10.1. The maximum atomic E-state index is 5.64. The summed E-state index contributed by atoms with van der Waals surface area (Å²) >= 11 is 0.